The van der Waals surface area contributed by atoms with Gasteiger partial charge in [-0.1, -0.05) is 24.6 Å². The number of halogens is 2. The molecule has 1 heterocycles. The maximum absolute atomic E-state index is 13.2. The average Bonchev–Trinajstić information content (AvgIpc) is 2.90. The van der Waals surface area contributed by atoms with E-state index >= 15 is 0 Å². The van der Waals surface area contributed by atoms with E-state index in [0.29, 0.717) is 11.1 Å². The first kappa shape index (κ1) is 15.7. The summed E-state index contributed by atoms with van der Waals surface area (Å²) in [5.41, 5.74) is 1.01. The first-order valence-electron chi connectivity index (χ1n) is 7.54. The molecule has 0 aliphatic carbocycles. The Morgan fingerprint density at radius 2 is 2.30 bits per heavy atom. The Hall–Kier alpha value is -0.640. The summed E-state index contributed by atoms with van der Waals surface area (Å²) in [6.07, 6.45) is 3.61. The van der Waals surface area contributed by atoms with Gasteiger partial charge >= 0.3 is 0 Å². The summed E-state index contributed by atoms with van der Waals surface area (Å²) in [4.78, 5) is 2.45. The molecule has 2 nitrogen and oxygen atoms in total. The predicted octanol–water partition coefficient (Wildman–Crippen LogP) is 4.00. The topological polar surface area (TPSA) is 15.3 Å². The monoisotopic (exact) mass is 298 g/mol. The highest BCUT2D eigenvalue weighted by Crippen LogP contribution is 2.28. The summed E-state index contributed by atoms with van der Waals surface area (Å²) in [6, 6.07) is 5.50. The van der Waals surface area contributed by atoms with Gasteiger partial charge < -0.3 is 5.32 Å². The second kappa shape index (κ2) is 7.39. The lowest BCUT2D eigenvalue weighted by Crippen LogP contribution is -2.39. The summed E-state index contributed by atoms with van der Waals surface area (Å²) >= 11 is 6.20. The van der Waals surface area contributed by atoms with Gasteiger partial charge in [-0.3, -0.25) is 4.90 Å². The fraction of sp³-hybridized carbons (Fsp3) is 0.625. The first-order valence-corrected chi connectivity index (χ1v) is 7.92. The van der Waals surface area contributed by atoms with E-state index in [1.54, 1.807) is 0 Å². The van der Waals surface area contributed by atoms with Crippen molar-refractivity contribution >= 4 is 11.6 Å². The summed E-state index contributed by atoms with van der Waals surface area (Å²) in [6.45, 7) is 7.53. The highest BCUT2D eigenvalue weighted by Gasteiger charge is 2.23. The molecule has 20 heavy (non-hydrogen) atoms. The van der Waals surface area contributed by atoms with Crippen molar-refractivity contribution in [3.8, 4) is 0 Å². The third-order valence-electron chi connectivity index (χ3n) is 4.09. The molecule has 1 saturated heterocycles. The molecule has 1 fully saturated rings. The lowest BCUT2D eigenvalue weighted by Gasteiger charge is -2.32. The van der Waals surface area contributed by atoms with Crippen LogP contribution in [0, 0.1) is 5.82 Å². The second-order valence-corrected chi connectivity index (χ2v) is 6.04. The summed E-state index contributed by atoms with van der Waals surface area (Å²) in [7, 11) is 0. The number of benzene rings is 1. The van der Waals surface area contributed by atoms with Crippen LogP contribution >= 0.6 is 11.6 Å². The van der Waals surface area contributed by atoms with Crippen LogP contribution in [0.25, 0.3) is 0 Å². The molecule has 4 heteroatoms. The van der Waals surface area contributed by atoms with Crippen LogP contribution in [0.4, 0.5) is 4.39 Å². The zero-order chi connectivity index (χ0) is 14.5. The van der Waals surface area contributed by atoms with Crippen LogP contribution in [0.15, 0.2) is 18.2 Å². The molecule has 1 N–H and O–H groups in total. The predicted molar refractivity (Wildman–Crippen MR) is 82.7 cm³/mol. The van der Waals surface area contributed by atoms with Gasteiger partial charge in [0.05, 0.1) is 0 Å². The molecule has 0 saturated carbocycles. The van der Waals surface area contributed by atoms with Crippen molar-refractivity contribution in [3.63, 3.8) is 0 Å². The fourth-order valence-corrected chi connectivity index (χ4v) is 3.29. The van der Waals surface area contributed by atoms with Crippen molar-refractivity contribution in [1.82, 2.24) is 10.2 Å². The second-order valence-electron chi connectivity index (χ2n) is 5.63. The van der Waals surface area contributed by atoms with Crippen molar-refractivity contribution in [1.29, 1.82) is 0 Å². The van der Waals surface area contributed by atoms with Crippen molar-refractivity contribution < 1.29 is 4.39 Å². The number of rotatable bonds is 6. The maximum Gasteiger partial charge on any atom is 0.124 e. The lowest BCUT2D eigenvalue weighted by atomic mass is 10.1. The van der Waals surface area contributed by atoms with E-state index in [2.05, 4.69) is 24.1 Å². The van der Waals surface area contributed by atoms with Crippen molar-refractivity contribution in [2.24, 2.45) is 0 Å². The zero-order valence-corrected chi connectivity index (χ0v) is 13.1. The fourth-order valence-electron chi connectivity index (χ4n) is 2.96. The van der Waals surface area contributed by atoms with Gasteiger partial charge in [0.15, 0.2) is 0 Å². The Balaban J connectivity index is 2.10. The lowest BCUT2D eigenvalue weighted by molar-refractivity contribution is 0.192. The van der Waals surface area contributed by atoms with Crippen LogP contribution in [0.2, 0.25) is 5.02 Å². The molecule has 1 aromatic rings. The van der Waals surface area contributed by atoms with E-state index in [0.717, 1.165) is 31.6 Å². The minimum atomic E-state index is -0.273. The minimum Gasteiger partial charge on any atom is -0.313 e. The largest absolute Gasteiger partial charge is 0.313 e. The number of hydrogen-bond acceptors (Lipinski definition) is 2. The van der Waals surface area contributed by atoms with Gasteiger partial charge in [-0.25, -0.2) is 4.39 Å². The molecule has 112 valence electrons. The number of nitrogens with zero attached hydrogens (tertiary/aromatic N) is 1. The first-order chi connectivity index (χ1) is 9.61. The third-order valence-corrected chi connectivity index (χ3v) is 4.42. The normalized spacial score (nSPS) is 20.6. The smallest absolute Gasteiger partial charge is 0.124 e. The quantitative estimate of drug-likeness (QED) is 0.854. The van der Waals surface area contributed by atoms with E-state index < -0.39 is 0 Å². The van der Waals surface area contributed by atoms with E-state index in [4.69, 9.17) is 11.6 Å². The Bertz CT molecular complexity index is 432. The molecule has 0 amide bonds. The SMILES string of the molecule is CCCN(CC1CCCN1)C(C)c1ccc(F)cc1Cl. The van der Waals surface area contributed by atoms with Crippen LogP contribution in [0.3, 0.4) is 0 Å². The zero-order valence-electron chi connectivity index (χ0n) is 12.3. The summed E-state index contributed by atoms with van der Waals surface area (Å²) in [5.74, 6) is -0.273. The van der Waals surface area contributed by atoms with E-state index in [1.807, 2.05) is 6.07 Å². The average molecular weight is 299 g/mol. The minimum absolute atomic E-state index is 0.213. The molecular weight excluding hydrogens is 275 g/mol. The van der Waals surface area contributed by atoms with Gasteiger partial charge in [-0.2, -0.15) is 0 Å². The number of nitrogens with one attached hydrogen (secondary N) is 1. The highest BCUT2D eigenvalue weighted by atomic mass is 35.5. The van der Waals surface area contributed by atoms with Crippen LogP contribution in [-0.4, -0.2) is 30.6 Å². The van der Waals surface area contributed by atoms with Crippen LogP contribution in [-0.2, 0) is 0 Å². The van der Waals surface area contributed by atoms with Crippen LogP contribution < -0.4 is 5.32 Å². The molecule has 1 aromatic carbocycles. The third kappa shape index (κ3) is 3.94. The molecule has 2 atom stereocenters. The molecule has 2 rings (SSSR count). The molecule has 0 spiro atoms. The highest BCUT2D eigenvalue weighted by molar-refractivity contribution is 6.31. The Labute approximate surface area is 126 Å². The van der Waals surface area contributed by atoms with E-state index in [9.17, 15) is 4.39 Å². The van der Waals surface area contributed by atoms with E-state index in [1.165, 1.54) is 25.0 Å². The van der Waals surface area contributed by atoms with Gasteiger partial charge in [-0.05, 0) is 57.0 Å². The summed E-state index contributed by atoms with van der Waals surface area (Å²) in [5, 5.41) is 4.07. The molecular formula is C16H24ClFN2. The molecule has 0 aromatic heterocycles. The Morgan fingerprint density at radius 1 is 1.50 bits per heavy atom. The summed E-state index contributed by atoms with van der Waals surface area (Å²) < 4.78 is 13.2. The maximum atomic E-state index is 13.2. The molecule has 1 aliphatic heterocycles. The Kier molecular flexibility index (Phi) is 5.82. The van der Waals surface area contributed by atoms with Gasteiger partial charge in [-0.15, -0.1) is 0 Å². The molecule has 0 radical (unpaired) electrons. The van der Waals surface area contributed by atoms with Gasteiger partial charge in [0.1, 0.15) is 5.82 Å². The van der Waals surface area contributed by atoms with Gasteiger partial charge in [0, 0.05) is 23.7 Å². The van der Waals surface area contributed by atoms with E-state index in [-0.39, 0.29) is 11.9 Å². The number of hydrogen-bond donors (Lipinski definition) is 1. The van der Waals surface area contributed by atoms with Crippen molar-refractivity contribution in [2.75, 3.05) is 19.6 Å². The van der Waals surface area contributed by atoms with Crippen molar-refractivity contribution in [2.45, 2.75) is 45.2 Å². The van der Waals surface area contributed by atoms with Gasteiger partial charge in [0.2, 0.25) is 0 Å². The standard InChI is InChI=1S/C16H24ClFN2/c1-3-9-20(11-14-5-4-8-19-14)12(2)15-7-6-13(18)10-16(15)17/h6-7,10,12,14,19H,3-5,8-9,11H2,1-2H3. The molecule has 2 unspecified atom stereocenters. The molecule has 1 aliphatic rings. The van der Waals surface area contributed by atoms with Crippen LogP contribution in [0.5, 0.6) is 0 Å². The molecule has 0 bridgehead atoms. The van der Waals surface area contributed by atoms with Gasteiger partial charge in [0.25, 0.3) is 0 Å². The van der Waals surface area contributed by atoms with Crippen molar-refractivity contribution in [3.05, 3.63) is 34.6 Å². The van der Waals surface area contributed by atoms with Crippen LogP contribution in [0.1, 0.15) is 44.7 Å². The Morgan fingerprint density at radius 3 is 2.90 bits per heavy atom.